The van der Waals surface area contributed by atoms with Crippen molar-refractivity contribution in [3.8, 4) is 0 Å². The zero-order valence-corrected chi connectivity index (χ0v) is 9.13. The summed E-state index contributed by atoms with van der Waals surface area (Å²) in [4.78, 5) is 23.2. The van der Waals surface area contributed by atoms with E-state index >= 15 is 0 Å². The summed E-state index contributed by atoms with van der Waals surface area (Å²) in [5, 5.41) is 0. The first-order chi connectivity index (χ1) is 7.59. The lowest BCUT2D eigenvalue weighted by atomic mass is 9.99. The first-order valence-electron chi connectivity index (χ1n) is 5.40. The fourth-order valence-corrected chi connectivity index (χ4v) is 1.71. The second-order valence-electron chi connectivity index (χ2n) is 4.25. The minimum absolute atomic E-state index is 0.00587. The van der Waals surface area contributed by atoms with Crippen LogP contribution in [0.3, 0.4) is 0 Å². The van der Waals surface area contributed by atoms with Crippen LogP contribution in [0.4, 0.5) is 4.39 Å². The lowest BCUT2D eigenvalue weighted by Gasteiger charge is -2.04. The third kappa shape index (κ3) is 2.18. The summed E-state index contributed by atoms with van der Waals surface area (Å²) < 4.78 is 13.2. The second kappa shape index (κ2) is 4.16. The van der Waals surface area contributed by atoms with Gasteiger partial charge in [0.2, 0.25) is 0 Å². The normalized spacial score (nSPS) is 14.9. The Bertz CT molecular complexity index is 447. The lowest BCUT2D eigenvalue weighted by molar-refractivity contribution is -0.119. The average molecular weight is 220 g/mol. The van der Waals surface area contributed by atoms with Gasteiger partial charge in [0.1, 0.15) is 11.6 Å². The minimum atomic E-state index is -0.398. The molecule has 0 radical (unpaired) electrons. The van der Waals surface area contributed by atoms with E-state index in [4.69, 9.17) is 0 Å². The minimum Gasteiger partial charge on any atom is -0.299 e. The number of halogens is 1. The predicted molar refractivity (Wildman–Crippen MR) is 57.8 cm³/mol. The van der Waals surface area contributed by atoms with Crippen molar-refractivity contribution in [3.05, 3.63) is 35.1 Å². The first kappa shape index (κ1) is 11.0. The molecule has 1 aromatic carbocycles. The molecule has 0 atom stereocenters. The number of hydrogen-bond donors (Lipinski definition) is 0. The molecule has 0 saturated heterocycles. The van der Waals surface area contributed by atoms with Crippen LogP contribution >= 0.6 is 0 Å². The molecule has 0 amide bonds. The Morgan fingerprint density at radius 2 is 2.06 bits per heavy atom. The van der Waals surface area contributed by atoms with Gasteiger partial charge in [-0.3, -0.25) is 9.59 Å². The molecule has 3 heteroatoms. The Labute approximate surface area is 93.5 Å². The Morgan fingerprint density at radius 3 is 2.69 bits per heavy atom. The highest BCUT2D eigenvalue weighted by molar-refractivity contribution is 6.09. The molecule has 16 heavy (non-hydrogen) atoms. The summed E-state index contributed by atoms with van der Waals surface area (Å²) >= 11 is 0. The number of carbonyl (C=O) groups is 2. The molecule has 1 fully saturated rings. The average Bonchev–Trinajstić information content (AvgIpc) is 3.05. The van der Waals surface area contributed by atoms with Crippen LogP contribution in [0.15, 0.2) is 18.2 Å². The molecule has 1 aliphatic carbocycles. The third-order valence-electron chi connectivity index (χ3n) is 2.94. The van der Waals surface area contributed by atoms with Gasteiger partial charge < -0.3 is 0 Å². The van der Waals surface area contributed by atoms with Crippen LogP contribution in [-0.2, 0) is 4.79 Å². The van der Waals surface area contributed by atoms with Crippen molar-refractivity contribution in [2.24, 2.45) is 5.92 Å². The SMILES string of the molecule is Cc1c(F)cccc1C(=O)CC(=O)C1CC1. The smallest absolute Gasteiger partial charge is 0.170 e. The van der Waals surface area contributed by atoms with Crippen LogP contribution < -0.4 is 0 Å². The van der Waals surface area contributed by atoms with E-state index in [1.54, 1.807) is 13.0 Å². The number of carbonyl (C=O) groups excluding carboxylic acids is 2. The maximum Gasteiger partial charge on any atom is 0.170 e. The van der Waals surface area contributed by atoms with Crippen LogP contribution in [0.5, 0.6) is 0 Å². The standard InChI is InChI=1S/C13H13FO2/c1-8-10(3-2-4-11(8)14)13(16)7-12(15)9-5-6-9/h2-4,9H,5-7H2,1H3. The summed E-state index contributed by atoms with van der Waals surface area (Å²) in [5.74, 6) is -0.593. The van der Waals surface area contributed by atoms with E-state index in [0.29, 0.717) is 11.1 Å². The summed E-state index contributed by atoms with van der Waals surface area (Å²) in [5.41, 5.74) is 0.657. The molecule has 84 valence electrons. The topological polar surface area (TPSA) is 34.1 Å². The van der Waals surface area contributed by atoms with E-state index in [1.165, 1.54) is 12.1 Å². The van der Waals surface area contributed by atoms with Crippen LogP contribution in [-0.4, -0.2) is 11.6 Å². The largest absolute Gasteiger partial charge is 0.299 e. The monoisotopic (exact) mass is 220 g/mol. The van der Waals surface area contributed by atoms with Crippen molar-refractivity contribution in [1.29, 1.82) is 0 Å². The first-order valence-corrected chi connectivity index (χ1v) is 5.40. The van der Waals surface area contributed by atoms with E-state index in [2.05, 4.69) is 0 Å². The Kier molecular flexibility index (Phi) is 2.86. The molecule has 1 aliphatic rings. The summed E-state index contributed by atoms with van der Waals surface area (Å²) in [6.45, 7) is 1.56. The highest BCUT2D eigenvalue weighted by Crippen LogP contribution is 2.31. The fourth-order valence-electron chi connectivity index (χ4n) is 1.71. The van der Waals surface area contributed by atoms with Crippen molar-refractivity contribution in [1.82, 2.24) is 0 Å². The summed E-state index contributed by atoms with van der Waals surface area (Å²) in [7, 11) is 0. The maximum absolute atomic E-state index is 13.2. The van der Waals surface area contributed by atoms with Gasteiger partial charge >= 0.3 is 0 Å². The predicted octanol–water partition coefficient (Wildman–Crippen LogP) is 2.69. The van der Waals surface area contributed by atoms with Gasteiger partial charge in [0, 0.05) is 11.5 Å². The van der Waals surface area contributed by atoms with Gasteiger partial charge in [-0.05, 0) is 31.4 Å². The molecule has 0 N–H and O–H groups in total. The Hall–Kier alpha value is -1.51. The molecule has 0 unspecified atom stereocenters. The van der Waals surface area contributed by atoms with Crippen molar-refractivity contribution < 1.29 is 14.0 Å². The summed E-state index contributed by atoms with van der Waals surface area (Å²) in [6.07, 6.45) is 1.71. The Balaban J connectivity index is 2.14. The second-order valence-corrected chi connectivity index (χ2v) is 4.25. The number of rotatable bonds is 4. The molecule has 2 nitrogen and oxygen atoms in total. The van der Waals surface area contributed by atoms with E-state index < -0.39 is 5.82 Å². The fraction of sp³-hybridized carbons (Fsp3) is 0.385. The number of hydrogen-bond acceptors (Lipinski definition) is 2. The van der Waals surface area contributed by atoms with Gasteiger partial charge in [-0.1, -0.05) is 12.1 Å². The zero-order chi connectivity index (χ0) is 11.7. The molecule has 2 rings (SSSR count). The molecular formula is C13H13FO2. The number of Topliss-reactive ketones (excluding diaryl/α,β-unsaturated/α-hetero) is 2. The van der Waals surface area contributed by atoms with Crippen molar-refractivity contribution >= 4 is 11.6 Å². The van der Waals surface area contributed by atoms with Crippen molar-refractivity contribution in [2.45, 2.75) is 26.2 Å². The molecule has 0 bridgehead atoms. The highest BCUT2D eigenvalue weighted by atomic mass is 19.1. The van der Waals surface area contributed by atoms with Crippen molar-refractivity contribution in [3.63, 3.8) is 0 Å². The highest BCUT2D eigenvalue weighted by Gasteiger charge is 2.31. The lowest BCUT2D eigenvalue weighted by Crippen LogP contribution is -2.11. The third-order valence-corrected chi connectivity index (χ3v) is 2.94. The van der Waals surface area contributed by atoms with Crippen LogP contribution in [0, 0.1) is 18.7 Å². The van der Waals surface area contributed by atoms with E-state index in [0.717, 1.165) is 12.8 Å². The van der Waals surface area contributed by atoms with Crippen LogP contribution in [0.2, 0.25) is 0 Å². The molecule has 0 spiro atoms. The Morgan fingerprint density at radius 1 is 1.38 bits per heavy atom. The van der Waals surface area contributed by atoms with Gasteiger partial charge in [-0.15, -0.1) is 0 Å². The molecular weight excluding hydrogens is 207 g/mol. The van der Waals surface area contributed by atoms with Crippen LogP contribution in [0.1, 0.15) is 35.2 Å². The molecule has 1 saturated carbocycles. The van der Waals surface area contributed by atoms with Crippen LogP contribution in [0.25, 0.3) is 0 Å². The van der Waals surface area contributed by atoms with Gasteiger partial charge in [0.25, 0.3) is 0 Å². The van der Waals surface area contributed by atoms with E-state index in [1.807, 2.05) is 0 Å². The molecule has 0 aromatic heterocycles. The molecule has 0 heterocycles. The number of benzene rings is 1. The molecule has 1 aromatic rings. The maximum atomic E-state index is 13.2. The number of ketones is 2. The quantitative estimate of drug-likeness (QED) is 0.577. The van der Waals surface area contributed by atoms with Crippen molar-refractivity contribution in [2.75, 3.05) is 0 Å². The van der Waals surface area contributed by atoms with Gasteiger partial charge in [-0.2, -0.15) is 0 Å². The van der Waals surface area contributed by atoms with Gasteiger partial charge in [0.05, 0.1) is 6.42 Å². The molecule has 0 aliphatic heterocycles. The summed E-state index contributed by atoms with van der Waals surface area (Å²) in [6, 6.07) is 4.38. The zero-order valence-electron chi connectivity index (χ0n) is 9.13. The van der Waals surface area contributed by atoms with E-state index in [9.17, 15) is 14.0 Å². The van der Waals surface area contributed by atoms with Gasteiger partial charge in [-0.25, -0.2) is 4.39 Å². The van der Waals surface area contributed by atoms with E-state index in [-0.39, 0.29) is 23.9 Å². The van der Waals surface area contributed by atoms with Gasteiger partial charge in [0.15, 0.2) is 5.78 Å².